The van der Waals surface area contributed by atoms with E-state index in [1.807, 2.05) is 57.3 Å². The number of fused-ring (bicyclic) bond motifs is 1. The number of methoxy groups -OCH3 is 3. The van der Waals surface area contributed by atoms with Crippen molar-refractivity contribution >= 4 is 22.9 Å². The first-order valence-corrected chi connectivity index (χ1v) is 16.0. The summed E-state index contributed by atoms with van der Waals surface area (Å²) in [5.74, 6) is 3.93. The number of amides is 1. The zero-order valence-corrected chi connectivity index (χ0v) is 27.1. The fourth-order valence-electron chi connectivity index (χ4n) is 6.86. The van der Waals surface area contributed by atoms with Crippen LogP contribution in [0.2, 0.25) is 0 Å². The minimum Gasteiger partial charge on any atom is -0.497 e. The van der Waals surface area contributed by atoms with E-state index in [0.29, 0.717) is 29.1 Å². The Bertz CT molecular complexity index is 1410. The SMILES string of the molecule is COc1cc(OC)cc(-c2cc3cnc(NC4CCC(C5CCCCCC5)CC4NC(=O)OC(C)(C)C)nc3cc2OC)c1. The van der Waals surface area contributed by atoms with Gasteiger partial charge in [-0.15, -0.1) is 0 Å². The minimum absolute atomic E-state index is 0.00702. The zero-order valence-electron chi connectivity index (χ0n) is 27.1. The second-order valence-electron chi connectivity index (χ2n) is 13.2. The Labute approximate surface area is 261 Å². The molecule has 3 aromatic rings. The number of nitrogens with zero attached hydrogens (tertiary/aromatic N) is 2. The number of anilines is 1. The number of hydrogen-bond donors (Lipinski definition) is 2. The van der Waals surface area contributed by atoms with Crippen LogP contribution in [-0.4, -0.2) is 55.1 Å². The van der Waals surface area contributed by atoms with Crippen LogP contribution >= 0.6 is 0 Å². The van der Waals surface area contributed by atoms with Crippen molar-refractivity contribution in [2.24, 2.45) is 11.8 Å². The third kappa shape index (κ3) is 7.85. The number of nitrogens with one attached hydrogen (secondary N) is 2. The van der Waals surface area contributed by atoms with Crippen LogP contribution in [0, 0.1) is 11.8 Å². The average Bonchev–Trinajstić information content (AvgIpc) is 3.30. The predicted octanol–water partition coefficient (Wildman–Crippen LogP) is 7.77. The number of aromatic nitrogens is 2. The van der Waals surface area contributed by atoms with Crippen LogP contribution in [0.1, 0.15) is 78.6 Å². The molecule has 2 aliphatic carbocycles. The maximum absolute atomic E-state index is 12.9. The van der Waals surface area contributed by atoms with Gasteiger partial charge in [-0.1, -0.05) is 38.5 Å². The number of benzene rings is 2. The fraction of sp³-hybridized carbons (Fsp3) is 0.571. The number of ether oxygens (including phenoxy) is 4. The van der Waals surface area contributed by atoms with E-state index in [9.17, 15) is 4.79 Å². The lowest BCUT2D eigenvalue weighted by molar-refractivity contribution is 0.0467. The number of carbonyl (C=O) groups excluding carboxylic acids is 1. The molecule has 2 N–H and O–H groups in total. The maximum atomic E-state index is 12.9. The van der Waals surface area contributed by atoms with Gasteiger partial charge in [-0.2, -0.15) is 0 Å². The summed E-state index contributed by atoms with van der Waals surface area (Å²) in [5.41, 5.74) is 2.00. The van der Waals surface area contributed by atoms with Crippen LogP contribution < -0.4 is 24.8 Å². The van der Waals surface area contributed by atoms with Crippen molar-refractivity contribution < 1.29 is 23.7 Å². The summed E-state index contributed by atoms with van der Waals surface area (Å²) in [6.07, 6.45) is 12.3. The van der Waals surface area contributed by atoms with Crippen molar-refractivity contribution in [3.8, 4) is 28.4 Å². The van der Waals surface area contributed by atoms with Gasteiger partial charge in [0.15, 0.2) is 0 Å². The van der Waals surface area contributed by atoms with E-state index >= 15 is 0 Å². The first kappa shape index (κ1) is 31.7. The van der Waals surface area contributed by atoms with E-state index in [-0.39, 0.29) is 18.2 Å². The molecule has 0 spiro atoms. The molecule has 5 rings (SSSR count). The first-order chi connectivity index (χ1) is 21.1. The molecular weight excluding hydrogens is 556 g/mol. The summed E-state index contributed by atoms with van der Waals surface area (Å²) in [7, 11) is 4.92. The molecule has 238 valence electrons. The summed E-state index contributed by atoms with van der Waals surface area (Å²) in [6, 6.07) is 9.61. The Kier molecular flexibility index (Phi) is 10.0. The van der Waals surface area contributed by atoms with Crippen LogP contribution in [0.3, 0.4) is 0 Å². The predicted molar refractivity (Wildman–Crippen MR) is 174 cm³/mol. The fourth-order valence-corrected chi connectivity index (χ4v) is 6.86. The molecule has 2 aliphatic rings. The highest BCUT2D eigenvalue weighted by molar-refractivity contribution is 5.89. The highest BCUT2D eigenvalue weighted by Gasteiger charge is 2.36. The van der Waals surface area contributed by atoms with Crippen LogP contribution in [0.5, 0.6) is 17.2 Å². The monoisotopic (exact) mass is 604 g/mol. The molecule has 1 heterocycles. The average molecular weight is 605 g/mol. The van der Waals surface area contributed by atoms with Gasteiger partial charge in [-0.3, -0.25) is 0 Å². The zero-order chi connectivity index (χ0) is 31.3. The summed E-state index contributed by atoms with van der Waals surface area (Å²) in [4.78, 5) is 22.5. The van der Waals surface area contributed by atoms with Crippen LogP contribution in [0.4, 0.5) is 10.7 Å². The molecule has 9 heteroatoms. The standard InChI is InChI=1S/C35H48N4O5/c1-35(2,3)44-34(40)39-31-18-23(22-11-9-7-8-10-12-22)13-14-29(31)37-33-36-21-25-17-28(32(43-6)20-30(25)38-33)24-15-26(41-4)19-27(16-24)42-5/h15-17,19-23,29,31H,7-14,18H2,1-6H3,(H,39,40)(H,36,37,38). The van der Waals surface area contributed by atoms with Gasteiger partial charge in [0.1, 0.15) is 22.8 Å². The smallest absolute Gasteiger partial charge is 0.407 e. The number of hydrogen-bond acceptors (Lipinski definition) is 8. The molecule has 2 fully saturated rings. The molecule has 2 saturated carbocycles. The van der Waals surface area contributed by atoms with Crippen LogP contribution in [0.15, 0.2) is 36.5 Å². The maximum Gasteiger partial charge on any atom is 0.407 e. The van der Waals surface area contributed by atoms with Gasteiger partial charge in [-0.25, -0.2) is 14.8 Å². The summed E-state index contributed by atoms with van der Waals surface area (Å²) < 4.78 is 22.4. The molecule has 3 unspecified atom stereocenters. The largest absolute Gasteiger partial charge is 0.497 e. The van der Waals surface area contributed by atoms with Gasteiger partial charge in [-0.05, 0) is 75.6 Å². The van der Waals surface area contributed by atoms with Gasteiger partial charge in [0.05, 0.1) is 32.9 Å². The quantitative estimate of drug-likeness (QED) is 0.251. The molecular formula is C35H48N4O5. The Morgan fingerprint density at radius 1 is 0.818 bits per heavy atom. The summed E-state index contributed by atoms with van der Waals surface area (Å²) in [6.45, 7) is 5.68. The van der Waals surface area contributed by atoms with Crippen LogP contribution in [-0.2, 0) is 4.74 Å². The van der Waals surface area contributed by atoms with Crippen molar-refractivity contribution in [2.75, 3.05) is 26.6 Å². The number of carbonyl (C=O) groups is 1. The molecule has 0 saturated heterocycles. The normalized spacial score (nSPS) is 21.3. The third-order valence-electron chi connectivity index (χ3n) is 9.04. The molecule has 1 aromatic heterocycles. The van der Waals surface area contributed by atoms with Gasteiger partial charge in [0, 0.05) is 35.3 Å². The number of rotatable bonds is 8. The van der Waals surface area contributed by atoms with E-state index in [4.69, 9.17) is 28.9 Å². The van der Waals surface area contributed by atoms with Gasteiger partial charge in [0.2, 0.25) is 5.95 Å². The van der Waals surface area contributed by atoms with Crippen molar-refractivity contribution in [3.05, 3.63) is 36.5 Å². The van der Waals surface area contributed by atoms with Crippen molar-refractivity contribution in [1.29, 1.82) is 0 Å². The minimum atomic E-state index is -0.558. The molecule has 0 radical (unpaired) electrons. The molecule has 1 amide bonds. The number of alkyl carbamates (subject to hydrolysis) is 1. The third-order valence-corrected chi connectivity index (χ3v) is 9.04. The topological polar surface area (TPSA) is 104 Å². The van der Waals surface area contributed by atoms with Gasteiger partial charge >= 0.3 is 6.09 Å². The summed E-state index contributed by atoms with van der Waals surface area (Å²) in [5, 5.41) is 7.67. The molecule has 9 nitrogen and oxygen atoms in total. The Hall–Kier alpha value is -3.75. The van der Waals surface area contributed by atoms with Crippen molar-refractivity contribution in [1.82, 2.24) is 15.3 Å². The second kappa shape index (κ2) is 13.9. The first-order valence-electron chi connectivity index (χ1n) is 16.0. The molecule has 0 bridgehead atoms. The lowest BCUT2D eigenvalue weighted by Crippen LogP contribution is -2.52. The van der Waals surface area contributed by atoms with Crippen LogP contribution in [0.25, 0.3) is 22.0 Å². The molecule has 44 heavy (non-hydrogen) atoms. The molecule has 2 aromatic carbocycles. The Morgan fingerprint density at radius 2 is 1.52 bits per heavy atom. The second-order valence-corrected chi connectivity index (χ2v) is 13.2. The Morgan fingerprint density at radius 3 is 2.16 bits per heavy atom. The van der Waals surface area contributed by atoms with E-state index in [0.717, 1.165) is 47.2 Å². The van der Waals surface area contributed by atoms with Crippen molar-refractivity contribution in [2.45, 2.75) is 96.2 Å². The van der Waals surface area contributed by atoms with Gasteiger partial charge < -0.3 is 29.6 Å². The summed E-state index contributed by atoms with van der Waals surface area (Å²) >= 11 is 0. The van der Waals surface area contributed by atoms with E-state index in [1.54, 1.807) is 21.3 Å². The Balaban J connectivity index is 1.38. The van der Waals surface area contributed by atoms with E-state index < -0.39 is 5.60 Å². The van der Waals surface area contributed by atoms with Crippen molar-refractivity contribution in [3.63, 3.8) is 0 Å². The lowest BCUT2D eigenvalue weighted by atomic mass is 9.73. The van der Waals surface area contributed by atoms with E-state index in [1.165, 1.54) is 38.5 Å². The lowest BCUT2D eigenvalue weighted by Gasteiger charge is -2.40. The molecule has 0 aliphatic heterocycles. The van der Waals surface area contributed by atoms with Gasteiger partial charge in [0.25, 0.3) is 0 Å². The highest BCUT2D eigenvalue weighted by Crippen LogP contribution is 2.40. The highest BCUT2D eigenvalue weighted by atomic mass is 16.6. The molecule has 3 atom stereocenters. The van der Waals surface area contributed by atoms with E-state index in [2.05, 4.69) is 10.6 Å².